The number of rotatable bonds is 3. The second-order valence-electron chi connectivity index (χ2n) is 4.44. The first kappa shape index (κ1) is 16.0. The zero-order valence-electron chi connectivity index (χ0n) is 12.4. The Kier molecular flexibility index (Phi) is 5.70. The summed E-state index contributed by atoms with van der Waals surface area (Å²) in [6.45, 7) is 1.37. The summed E-state index contributed by atoms with van der Waals surface area (Å²) < 4.78 is 0. The summed E-state index contributed by atoms with van der Waals surface area (Å²) in [6, 6.07) is 9.13. The summed E-state index contributed by atoms with van der Waals surface area (Å²) in [5.41, 5.74) is 0.987. The van der Waals surface area contributed by atoms with Gasteiger partial charge in [-0.1, -0.05) is 6.07 Å². The van der Waals surface area contributed by atoms with Crippen LogP contribution in [0, 0.1) is 0 Å². The van der Waals surface area contributed by atoms with E-state index in [1.807, 2.05) is 18.2 Å². The molecule has 0 aliphatic heterocycles. The number of hydrogen-bond acceptors (Lipinski definition) is 5. The van der Waals surface area contributed by atoms with Gasteiger partial charge in [-0.25, -0.2) is 0 Å². The Hall–Kier alpha value is -3.35. The highest BCUT2D eigenvalue weighted by atomic mass is 16.2. The van der Waals surface area contributed by atoms with Crippen LogP contribution in [0.1, 0.15) is 30.6 Å². The fourth-order valence-electron chi connectivity index (χ4n) is 1.67. The zero-order valence-corrected chi connectivity index (χ0v) is 12.4. The van der Waals surface area contributed by atoms with Crippen molar-refractivity contribution in [1.82, 2.24) is 20.2 Å². The lowest BCUT2D eigenvalue weighted by Crippen LogP contribution is -2.14. The molecule has 1 amide bonds. The highest BCUT2D eigenvalue weighted by Crippen LogP contribution is 2.10. The van der Waals surface area contributed by atoms with Crippen molar-refractivity contribution in [3.8, 4) is 0 Å². The molecule has 0 radical (unpaired) electrons. The summed E-state index contributed by atoms with van der Waals surface area (Å²) in [4.78, 5) is 30.7. The number of carbonyl (C=O) groups is 2. The molecule has 0 saturated carbocycles. The fourth-order valence-corrected chi connectivity index (χ4v) is 1.67. The number of aromatic amines is 1. The molecule has 120 valence electrons. The van der Waals surface area contributed by atoms with Crippen LogP contribution < -0.4 is 5.32 Å². The predicted octanol–water partition coefficient (Wildman–Crippen LogP) is 2.83. The number of ketones is 1. The van der Waals surface area contributed by atoms with Crippen molar-refractivity contribution in [1.29, 1.82) is 0 Å². The highest BCUT2D eigenvalue weighted by Gasteiger charge is 2.16. The van der Waals surface area contributed by atoms with Gasteiger partial charge in [-0.2, -0.15) is 5.10 Å². The van der Waals surface area contributed by atoms with Gasteiger partial charge in [-0.15, -0.1) is 0 Å². The zero-order chi connectivity index (χ0) is 16.5. The molecule has 0 bridgehead atoms. The maximum atomic E-state index is 11.8. The minimum atomic E-state index is -0.392. The monoisotopic (exact) mass is 313 g/mol. The molecular weight excluding hydrogens is 294 g/mol. The quantitative estimate of drug-likeness (QED) is 0.724. The van der Waals surface area contributed by atoms with Crippen LogP contribution in [0.25, 0.3) is 0 Å². The minimum Gasteiger partial charge on any atom is -0.320 e. The molecule has 7 heteroatoms. The van der Waals surface area contributed by atoms with Crippen molar-refractivity contribution in [3.63, 3.8) is 0 Å². The second-order valence-corrected chi connectivity index (χ2v) is 4.44. The van der Waals surface area contributed by atoms with E-state index in [0.29, 0.717) is 5.69 Å². The van der Waals surface area contributed by atoms with Crippen molar-refractivity contribution >= 4 is 17.4 Å². The molecule has 3 rings (SSSR count). The maximum Gasteiger partial charge on any atom is 0.259 e. The van der Waals surface area contributed by atoms with Gasteiger partial charge in [0.1, 0.15) is 5.69 Å². The predicted molar refractivity (Wildman–Crippen MR) is 89.2 cm³/mol. The number of Topliss-reactive ketones (excluding diaryl/α,β-unsaturated/α-hetero) is 1. The maximum absolute atomic E-state index is 11.8. The average Bonchev–Trinajstić information content (AvgIpc) is 3.08. The van der Waals surface area contributed by atoms with Gasteiger partial charge in [0.15, 0.2) is 5.78 Å². The van der Waals surface area contributed by atoms with Gasteiger partial charge in [0.05, 0.1) is 23.6 Å². The van der Waals surface area contributed by atoms with E-state index < -0.39 is 5.91 Å². The number of nitrogens with one attached hydrogen (secondary N) is 2. The molecule has 0 spiro atoms. The van der Waals surface area contributed by atoms with Crippen LogP contribution in [0.3, 0.4) is 0 Å². The molecule has 0 aliphatic rings. The number of carbonyl (C=O) groups excluding carboxylic acids is 2. The summed E-state index contributed by atoms with van der Waals surface area (Å²) in [5, 5.41) is 8.81. The van der Waals surface area contributed by atoms with Crippen molar-refractivity contribution in [2.24, 2.45) is 0 Å². The Labute approximate surface area is 135 Å². The van der Waals surface area contributed by atoms with Gasteiger partial charge in [-0.05, 0) is 24.3 Å². The van der Waals surface area contributed by atoms with Crippen LogP contribution in [0.5, 0.6) is 0 Å². The first-order valence-corrected chi connectivity index (χ1v) is 6.79. The molecular formula is C16H19N5O2. The largest absolute Gasteiger partial charge is 0.320 e. The molecule has 3 aromatic rings. The number of anilines is 1. The van der Waals surface area contributed by atoms with Crippen LogP contribution >= 0.6 is 0 Å². The molecule has 23 heavy (non-hydrogen) atoms. The number of aromatic nitrogens is 4. The van der Waals surface area contributed by atoms with Crippen molar-refractivity contribution < 1.29 is 12.4 Å². The van der Waals surface area contributed by atoms with E-state index in [1.54, 1.807) is 30.7 Å². The van der Waals surface area contributed by atoms with Crippen LogP contribution in [0.2, 0.25) is 0 Å². The molecule has 0 aromatic carbocycles. The van der Waals surface area contributed by atoms with E-state index in [4.69, 9.17) is 0 Å². The van der Waals surface area contributed by atoms with Crippen LogP contribution in [0.4, 0.5) is 5.69 Å². The SMILES string of the molecule is CC(=O)c1[nH]ncc1C(=O)Nc1cccnc1.[HH].[HH].c1ccncc1. The summed E-state index contributed by atoms with van der Waals surface area (Å²) >= 11 is 0. The van der Waals surface area contributed by atoms with Gasteiger partial charge in [-0.3, -0.25) is 24.7 Å². The van der Waals surface area contributed by atoms with E-state index in [9.17, 15) is 9.59 Å². The second kappa shape index (κ2) is 8.18. The Morgan fingerprint density at radius 2 is 1.78 bits per heavy atom. The molecule has 2 N–H and O–H groups in total. The van der Waals surface area contributed by atoms with E-state index in [2.05, 4.69) is 25.5 Å². The first-order valence-electron chi connectivity index (χ1n) is 6.79. The number of hydrogen-bond donors (Lipinski definition) is 2. The van der Waals surface area contributed by atoms with E-state index in [1.165, 1.54) is 19.3 Å². The standard InChI is InChI=1S/C11H10N4O2.C5H5N.2H2/c1-7(16)10-9(6-13-15-10)11(17)14-8-3-2-4-12-5-8;1-2-4-6-5-3-1;;/h2-6H,1H3,(H,13,15)(H,14,17);1-5H;2*1H. The molecule has 3 aromatic heterocycles. The number of amides is 1. The van der Waals surface area contributed by atoms with E-state index >= 15 is 0 Å². The Bertz CT molecular complexity index is 740. The van der Waals surface area contributed by atoms with Gasteiger partial charge >= 0.3 is 0 Å². The highest BCUT2D eigenvalue weighted by molar-refractivity contribution is 6.11. The normalized spacial score (nSPS) is 9.43. The van der Waals surface area contributed by atoms with E-state index in [0.717, 1.165) is 0 Å². The number of H-pyrrole nitrogens is 1. The molecule has 0 unspecified atom stereocenters. The third-order valence-corrected chi connectivity index (χ3v) is 2.72. The van der Waals surface area contributed by atoms with Gasteiger partial charge in [0.25, 0.3) is 5.91 Å². The first-order chi connectivity index (χ1) is 11.2. The summed E-state index contributed by atoms with van der Waals surface area (Å²) in [7, 11) is 0. The van der Waals surface area contributed by atoms with Crippen molar-refractivity contribution in [3.05, 3.63) is 72.6 Å². The minimum absolute atomic E-state index is 0. The lowest BCUT2D eigenvalue weighted by atomic mass is 10.2. The summed E-state index contributed by atoms with van der Waals surface area (Å²) in [5.74, 6) is -0.629. The van der Waals surface area contributed by atoms with Crippen molar-refractivity contribution in [2.75, 3.05) is 5.32 Å². The number of nitrogens with zero attached hydrogens (tertiary/aromatic N) is 3. The Morgan fingerprint density at radius 1 is 1.04 bits per heavy atom. The Balaban J connectivity index is 0.000000616. The number of pyridine rings is 2. The van der Waals surface area contributed by atoms with E-state index in [-0.39, 0.29) is 19.9 Å². The molecule has 0 saturated heterocycles. The average molecular weight is 313 g/mol. The smallest absolute Gasteiger partial charge is 0.259 e. The fraction of sp³-hybridized carbons (Fsp3) is 0.0625. The van der Waals surface area contributed by atoms with Gasteiger partial charge < -0.3 is 5.32 Å². The lowest BCUT2D eigenvalue weighted by Gasteiger charge is -2.03. The topological polar surface area (TPSA) is 101 Å². The molecule has 0 atom stereocenters. The lowest BCUT2D eigenvalue weighted by molar-refractivity contribution is 0.0982. The third kappa shape index (κ3) is 4.85. The van der Waals surface area contributed by atoms with Gasteiger partial charge in [0.2, 0.25) is 0 Å². The van der Waals surface area contributed by atoms with Crippen LogP contribution in [-0.2, 0) is 0 Å². The molecule has 0 aliphatic carbocycles. The summed E-state index contributed by atoms with van der Waals surface area (Å²) in [6.07, 6.45) is 7.95. The Morgan fingerprint density at radius 3 is 2.30 bits per heavy atom. The van der Waals surface area contributed by atoms with Crippen molar-refractivity contribution in [2.45, 2.75) is 6.92 Å². The third-order valence-electron chi connectivity index (χ3n) is 2.72. The molecule has 7 nitrogen and oxygen atoms in total. The van der Waals surface area contributed by atoms with Crippen LogP contribution in [-0.4, -0.2) is 31.9 Å². The van der Waals surface area contributed by atoms with Gasteiger partial charge in [0, 0.05) is 28.4 Å². The van der Waals surface area contributed by atoms with Crippen LogP contribution in [0.15, 0.2) is 61.3 Å². The molecule has 3 heterocycles. The molecule has 0 fully saturated rings.